The molecule has 0 radical (unpaired) electrons. The summed E-state index contributed by atoms with van der Waals surface area (Å²) < 4.78 is 21.9. The van der Waals surface area contributed by atoms with Crippen LogP contribution in [-0.2, 0) is 25.4 Å². The molecule has 22 heavy (non-hydrogen) atoms. The summed E-state index contributed by atoms with van der Waals surface area (Å²) in [5.41, 5.74) is 0.866. The largest absolute Gasteiger partial charge is 0.444 e. The van der Waals surface area contributed by atoms with E-state index in [2.05, 4.69) is 0 Å². The second kappa shape index (κ2) is 6.97. The van der Waals surface area contributed by atoms with Gasteiger partial charge in [0.1, 0.15) is 12.6 Å². The highest BCUT2D eigenvalue weighted by molar-refractivity contribution is 7.62. The molecule has 1 aliphatic rings. The van der Waals surface area contributed by atoms with Crippen LogP contribution in [0.3, 0.4) is 0 Å². The van der Waals surface area contributed by atoms with Crippen molar-refractivity contribution in [2.75, 3.05) is 26.2 Å². The number of carbonyl (C=O) groups is 2. The van der Waals surface area contributed by atoms with Crippen molar-refractivity contribution in [2.45, 2.75) is 19.1 Å². The highest BCUT2D eigenvalue weighted by Gasteiger charge is 2.39. The molecule has 1 saturated heterocycles. The Morgan fingerprint density at radius 3 is 2.68 bits per heavy atom. The number of hydrogen-bond donors (Lipinski definition) is 0. The fraction of sp³-hybridized carbons (Fsp3) is 0.467. The fourth-order valence-electron chi connectivity index (χ4n) is 2.14. The number of benzene rings is 1. The third-order valence-electron chi connectivity index (χ3n) is 3.37. The zero-order chi connectivity index (χ0) is 16.2. The molecular weight excluding hydrogens is 305 g/mol. The van der Waals surface area contributed by atoms with E-state index in [1.54, 1.807) is 13.3 Å². The minimum atomic E-state index is -2.25. The molecule has 2 rings (SSSR count). The summed E-state index contributed by atoms with van der Waals surface area (Å²) in [6, 6.07) is 8.57. The summed E-state index contributed by atoms with van der Waals surface area (Å²) in [5.74, 6) is -0.467. The average molecular weight is 325 g/mol. The van der Waals surface area contributed by atoms with Crippen molar-refractivity contribution in [3.05, 3.63) is 35.9 Å². The van der Waals surface area contributed by atoms with E-state index in [4.69, 9.17) is 9.47 Å². The van der Waals surface area contributed by atoms with E-state index in [1.807, 2.05) is 30.3 Å². The zero-order valence-corrected chi connectivity index (χ0v) is 13.6. The Kier molecular flexibility index (Phi) is 5.24. The lowest BCUT2D eigenvalue weighted by atomic mass is 10.2. The van der Waals surface area contributed by atoms with Crippen LogP contribution >= 0.6 is 7.14 Å². The number of carbonyl (C=O) groups excluding carboxylic acids is 2. The van der Waals surface area contributed by atoms with Gasteiger partial charge in [0.15, 0.2) is 6.73 Å². The highest BCUT2D eigenvalue weighted by Crippen LogP contribution is 2.37. The maximum atomic E-state index is 12.1. The quantitative estimate of drug-likeness (QED) is 0.614. The summed E-state index contributed by atoms with van der Waals surface area (Å²) in [6.45, 7) is 3.34. The topological polar surface area (TPSA) is 72.9 Å². The first-order valence-corrected chi connectivity index (χ1v) is 9.83. The van der Waals surface area contributed by atoms with E-state index in [0.717, 1.165) is 5.56 Å². The van der Waals surface area contributed by atoms with Crippen molar-refractivity contribution < 1.29 is 23.6 Å². The molecule has 0 spiro atoms. The summed E-state index contributed by atoms with van der Waals surface area (Å²) in [4.78, 5) is 25.1. The minimum Gasteiger partial charge on any atom is -0.444 e. The van der Waals surface area contributed by atoms with E-state index in [1.165, 1.54) is 4.90 Å². The molecular formula is C15H20NO5P. The molecule has 7 heteroatoms. The monoisotopic (exact) mass is 325 g/mol. The molecule has 6 nitrogen and oxygen atoms in total. The van der Waals surface area contributed by atoms with Crippen LogP contribution in [-0.4, -0.2) is 49.2 Å². The molecule has 1 fully saturated rings. The van der Waals surface area contributed by atoms with Crippen molar-refractivity contribution in [3.63, 3.8) is 0 Å². The van der Waals surface area contributed by atoms with Gasteiger partial charge in [0, 0.05) is 6.16 Å². The van der Waals surface area contributed by atoms with E-state index in [-0.39, 0.29) is 13.3 Å². The molecule has 0 aliphatic carbocycles. The third kappa shape index (κ3) is 4.60. The van der Waals surface area contributed by atoms with Crippen molar-refractivity contribution in [3.8, 4) is 0 Å². The lowest BCUT2D eigenvalue weighted by Gasteiger charge is -2.20. The molecule has 120 valence electrons. The van der Waals surface area contributed by atoms with Gasteiger partial charge in [0.2, 0.25) is 0 Å². The van der Waals surface area contributed by atoms with Gasteiger partial charge in [-0.2, -0.15) is 0 Å². The number of rotatable bonds is 5. The predicted octanol–water partition coefficient (Wildman–Crippen LogP) is 2.52. The number of esters is 1. The van der Waals surface area contributed by atoms with Crippen LogP contribution < -0.4 is 0 Å². The van der Waals surface area contributed by atoms with Gasteiger partial charge in [-0.3, -0.25) is 4.90 Å². The van der Waals surface area contributed by atoms with Crippen molar-refractivity contribution in [1.29, 1.82) is 0 Å². The third-order valence-corrected chi connectivity index (χ3v) is 4.71. The number of cyclic esters (lactones) is 1. The normalized spacial score (nSPS) is 18.2. The molecule has 1 aromatic rings. The first-order chi connectivity index (χ1) is 10.4. The van der Waals surface area contributed by atoms with Crippen molar-refractivity contribution >= 4 is 19.2 Å². The summed E-state index contributed by atoms with van der Waals surface area (Å²) in [5, 5.41) is 0. The van der Waals surface area contributed by atoms with Gasteiger partial charge in [0.05, 0.1) is 7.14 Å². The van der Waals surface area contributed by atoms with Crippen molar-refractivity contribution in [2.24, 2.45) is 0 Å². The van der Waals surface area contributed by atoms with Crippen LogP contribution in [0.15, 0.2) is 30.3 Å². The smallest absolute Gasteiger partial charge is 0.413 e. The second-order valence-electron chi connectivity index (χ2n) is 5.70. The van der Waals surface area contributed by atoms with E-state index in [9.17, 15) is 14.2 Å². The average Bonchev–Trinajstić information content (AvgIpc) is 2.84. The molecule has 0 saturated carbocycles. The van der Waals surface area contributed by atoms with Crippen LogP contribution in [0.25, 0.3) is 0 Å². The standard InChI is InChI=1S/C15H20NO5P/c1-22(2,19)9-8-13-14(17)21-11-16(13)15(18)20-10-12-6-4-3-5-7-12/h3-7,13H,8-11H2,1-2H3/t13-/m0/s1. The first kappa shape index (κ1) is 16.6. The summed E-state index contributed by atoms with van der Waals surface area (Å²) in [6.07, 6.45) is 0.112. The molecule has 1 aliphatic heterocycles. The van der Waals surface area contributed by atoms with Gasteiger partial charge < -0.3 is 14.0 Å². The van der Waals surface area contributed by atoms with Gasteiger partial charge in [-0.05, 0) is 25.3 Å². The Balaban J connectivity index is 1.92. The molecule has 1 atom stereocenters. The number of hydrogen-bond acceptors (Lipinski definition) is 5. The fourth-order valence-corrected chi connectivity index (χ4v) is 3.00. The van der Waals surface area contributed by atoms with E-state index < -0.39 is 25.2 Å². The minimum absolute atomic E-state index is 0.116. The summed E-state index contributed by atoms with van der Waals surface area (Å²) >= 11 is 0. The highest BCUT2D eigenvalue weighted by atomic mass is 31.2. The molecule has 1 aromatic carbocycles. The first-order valence-electron chi connectivity index (χ1n) is 7.05. The number of amides is 1. The van der Waals surface area contributed by atoms with Gasteiger partial charge >= 0.3 is 12.1 Å². The van der Waals surface area contributed by atoms with E-state index >= 15 is 0 Å². The lowest BCUT2D eigenvalue weighted by molar-refractivity contribution is -0.139. The Labute approximate surface area is 129 Å². The maximum absolute atomic E-state index is 12.1. The molecule has 0 bridgehead atoms. The zero-order valence-electron chi connectivity index (χ0n) is 12.7. The van der Waals surface area contributed by atoms with Crippen LogP contribution in [0.4, 0.5) is 4.79 Å². The second-order valence-corrected chi connectivity index (χ2v) is 9.30. The van der Waals surface area contributed by atoms with Gasteiger partial charge in [-0.1, -0.05) is 30.3 Å². The lowest BCUT2D eigenvalue weighted by Crippen LogP contribution is -2.39. The number of nitrogens with zero attached hydrogens (tertiary/aromatic N) is 1. The molecule has 0 unspecified atom stereocenters. The SMILES string of the molecule is CP(C)(=O)CC[C@H]1C(=O)OCN1C(=O)OCc1ccccc1. The molecule has 1 amide bonds. The Bertz CT molecular complexity index is 583. The van der Waals surface area contributed by atoms with Crippen LogP contribution in [0, 0.1) is 0 Å². The van der Waals surface area contributed by atoms with Gasteiger partial charge in [0.25, 0.3) is 0 Å². The van der Waals surface area contributed by atoms with Crippen LogP contribution in [0.2, 0.25) is 0 Å². The molecule has 0 aromatic heterocycles. The Morgan fingerprint density at radius 1 is 1.36 bits per heavy atom. The van der Waals surface area contributed by atoms with Crippen molar-refractivity contribution in [1.82, 2.24) is 4.90 Å². The van der Waals surface area contributed by atoms with E-state index in [0.29, 0.717) is 12.6 Å². The Hall–Kier alpha value is -1.81. The maximum Gasteiger partial charge on any atom is 0.413 e. The number of ether oxygens (including phenoxy) is 2. The predicted molar refractivity (Wildman–Crippen MR) is 82.2 cm³/mol. The Morgan fingerprint density at radius 2 is 2.05 bits per heavy atom. The van der Waals surface area contributed by atoms with Crippen LogP contribution in [0.5, 0.6) is 0 Å². The summed E-state index contributed by atoms with van der Waals surface area (Å²) in [7, 11) is -2.25. The molecule has 0 N–H and O–H groups in total. The van der Waals surface area contributed by atoms with Gasteiger partial charge in [-0.15, -0.1) is 0 Å². The van der Waals surface area contributed by atoms with Crippen LogP contribution in [0.1, 0.15) is 12.0 Å². The van der Waals surface area contributed by atoms with Gasteiger partial charge in [-0.25, -0.2) is 9.59 Å². The molecule has 1 heterocycles.